The van der Waals surface area contributed by atoms with Crippen LogP contribution in [-0.4, -0.2) is 54.4 Å². The van der Waals surface area contributed by atoms with Gasteiger partial charge in [0.15, 0.2) is 11.5 Å². The zero-order chi connectivity index (χ0) is 19.9. The van der Waals surface area contributed by atoms with Gasteiger partial charge in [0.25, 0.3) is 0 Å². The van der Waals surface area contributed by atoms with Gasteiger partial charge in [-0.1, -0.05) is 18.2 Å². The van der Waals surface area contributed by atoms with Gasteiger partial charge in [0.1, 0.15) is 6.10 Å². The molecular weight excluding hydrogens is 356 g/mol. The highest BCUT2D eigenvalue weighted by atomic mass is 16.5. The molecule has 2 heterocycles. The Bertz CT molecular complexity index is 791. The Morgan fingerprint density at radius 3 is 3.04 bits per heavy atom. The van der Waals surface area contributed by atoms with Crippen LogP contribution in [0.5, 0.6) is 11.5 Å². The van der Waals surface area contributed by atoms with Crippen molar-refractivity contribution in [1.29, 1.82) is 0 Å². The molecule has 1 aromatic carbocycles. The SMILES string of the molecule is COc1ccc2c3c1OC1C[C@@H](O)C=CC31CCN(CCC(=O)NC(C)C)C2. The van der Waals surface area contributed by atoms with Crippen molar-refractivity contribution in [3.8, 4) is 11.5 Å². The zero-order valence-electron chi connectivity index (χ0n) is 16.9. The van der Waals surface area contributed by atoms with Crippen LogP contribution in [0.2, 0.25) is 0 Å². The summed E-state index contributed by atoms with van der Waals surface area (Å²) in [6, 6.07) is 4.25. The summed E-state index contributed by atoms with van der Waals surface area (Å²) in [5.41, 5.74) is 2.20. The maximum atomic E-state index is 12.1. The largest absolute Gasteiger partial charge is 0.493 e. The van der Waals surface area contributed by atoms with Gasteiger partial charge in [-0.2, -0.15) is 0 Å². The molecule has 3 atom stereocenters. The number of aliphatic hydroxyl groups excluding tert-OH is 1. The molecule has 1 amide bonds. The number of nitrogens with zero attached hydrogens (tertiary/aromatic N) is 1. The smallest absolute Gasteiger partial charge is 0.221 e. The Balaban J connectivity index is 1.63. The van der Waals surface area contributed by atoms with Gasteiger partial charge in [0.2, 0.25) is 5.91 Å². The van der Waals surface area contributed by atoms with E-state index in [0.717, 1.165) is 37.6 Å². The highest BCUT2D eigenvalue weighted by Crippen LogP contribution is 2.55. The van der Waals surface area contributed by atoms with Crippen molar-refractivity contribution in [3.05, 3.63) is 35.4 Å². The number of carbonyl (C=O) groups is 1. The van der Waals surface area contributed by atoms with Crippen LogP contribution in [0, 0.1) is 0 Å². The van der Waals surface area contributed by atoms with E-state index in [-0.39, 0.29) is 23.5 Å². The molecule has 1 aliphatic carbocycles. The van der Waals surface area contributed by atoms with E-state index < -0.39 is 6.10 Å². The second-order valence-corrected chi connectivity index (χ2v) is 8.44. The quantitative estimate of drug-likeness (QED) is 0.759. The first-order valence-electron chi connectivity index (χ1n) is 10.2. The summed E-state index contributed by atoms with van der Waals surface area (Å²) in [6.07, 6.45) is 5.49. The minimum absolute atomic E-state index is 0.0817. The van der Waals surface area contributed by atoms with Gasteiger partial charge in [0.05, 0.1) is 18.6 Å². The fraction of sp³-hybridized carbons (Fsp3) is 0.591. The van der Waals surface area contributed by atoms with E-state index >= 15 is 0 Å². The molecule has 2 unspecified atom stereocenters. The number of rotatable bonds is 5. The first kappa shape index (κ1) is 19.3. The number of hydrogen-bond donors (Lipinski definition) is 2. The number of methoxy groups -OCH3 is 1. The molecule has 0 bridgehead atoms. The maximum absolute atomic E-state index is 12.1. The molecule has 0 saturated heterocycles. The molecule has 6 heteroatoms. The topological polar surface area (TPSA) is 71.0 Å². The summed E-state index contributed by atoms with van der Waals surface area (Å²) < 4.78 is 11.9. The van der Waals surface area contributed by atoms with Crippen LogP contribution in [0.1, 0.15) is 44.2 Å². The summed E-state index contributed by atoms with van der Waals surface area (Å²) in [5, 5.41) is 13.1. The third-order valence-corrected chi connectivity index (χ3v) is 6.14. The van der Waals surface area contributed by atoms with Gasteiger partial charge in [-0.25, -0.2) is 0 Å². The Morgan fingerprint density at radius 2 is 2.29 bits per heavy atom. The summed E-state index contributed by atoms with van der Waals surface area (Å²) in [6.45, 7) is 6.36. The van der Waals surface area contributed by atoms with Gasteiger partial charge in [-0.05, 0) is 38.4 Å². The predicted molar refractivity (Wildman–Crippen MR) is 107 cm³/mol. The molecule has 3 aliphatic rings. The van der Waals surface area contributed by atoms with Crippen LogP contribution in [0.25, 0.3) is 0 Å². The molecule has 0 radical (unpaired) electrons. The number of hydrogen-bond acceptors (Lipinski definition) is 5. The molecule has 4 rings (SSSR count). The second kappa shape index (κ2) is 7.41. The molecular formula is C22H30N2O4. The van der Waals surface area contributed by atoms with Crippen molar-refractivity contribution in [3.63, 3.8) is 0 Å². The molecule has 6 nitrogen and oxygen atoms in total. The minimum atomic E-state index is -0.474. The van der Waals surface area contributed by atoms with Crippen LogP contribution in [0.4, 0.5) is 0 Å². The van der Waals surface area contributed by atoms with Crippen LogP contribution in [0.3, 0.4) is 0 Å². The molecule has 152 valence electrons. The highest BCUT2D eigenvalue weighted by Gasteiger charge is 2.52. The number of carbonyl (C=O) groups excluding carboxylic acids is 1. The van der Waals surface area contributed by atoms with E-state index in [1.165, 1.54) is 11.1 Å². The van der Waals surface area contributed by atoms with Crippen LogP contribution < -0.4 is 14.8 Å². The van der Waals surface area contributed by atoms with E-state index in [0.29, 0.717) is 12.8 Å². The molecule has 2 N–H and O–H groups in total. The average Bonchev–Trinajstić information content (AvgIpc) is 2.89. The van der Waals surface area contributed by atoms with Gasteiger partial charge in [-0.15, -0.1) is 0 Å². The molecule has 2 aliphatic heterocycles. The zero-order valence-corrected chi connectivity index (χ0v) is 16.9. The van der Waals surface area contributed by atoms with E-state index in [2.05, 4.69) is 22.4 Å². The van der Waals surface area contributed by atoms with Crippen molar-refractivity contribution in [2.24, 2.45) is 0 Å². The third-order valence-electron chi connectivity index (χ3n) is 6.14. The van der Waals surface area contributed by atoms with Crippen molar-refractivity contribution < 1.29 is 19.4 Å². The van der Waals surface area contributed by atoms with Crippen LogP contribution >= 0.6 is 0 Å². The Hall–Kier alpha value is -2.05. The lowest BCUT2D eigenvalue weighted by atomic mass is 9.69. The maximum Gasteiger partial charge on any atom is 0.221 e. The van der Waals surface area contributed by atoms with Crippen molar-refractivity contribution >= 4 is 5.91 Å². The summed E-state index contributed by atoms with van der Waals surface area (Å²) >= 11 is 0. The van der Waals surface area contributed by atoms with E-state index in [1.54, 1.807) is 7.11 Å². The first-order chi connectivity index (χ1) is 13.4. The number of amides is 1. The van der Waals surface area contributed by atoms with Crippen LogP contribution in [-0.2, 0) is 16.8 Å². The van der Waals surface area contributed by atoms with Crippen molar-refractivity contribution in [2.45, 2.75) is 63.3 Å². The van der Waals surface area contributed by atoms with Gasteiger partial charge < -0.3 is 19.9 Å². The first-order valence-corrected chi connectivity index (χ1v) is 10.2. The molecule has 1 spiro atoms. The number of benzene rings is 1. The monoisotopic (exact) mass is 386 g/mol. The fourth-order valence-electron chi connectivity index (χ4n) is 4.84. The average molecular weight is 386 g/mol. The lowest BCUT2D eigenvalue weighted by molar-refractivity contribution is -0.121. The molecule has 28 heavy (non-hydrogen) atoms. The fourth-order valence-corrected chi connectivity index (χ4v) is 4.84. The summed E-state index contributed by atoms with van der Waals surface area (Å²) in [5.74, 6) is 1.67. The lowest BCUT2D eigenvalue weighted by Crippen LogP contribution is -2.43. The Morgan fingerprint density at radius 1 is 1.46 bits per heavy atom. The van der Waals surface area contributed by atoms with Crippen molar-refractivity contribution in [2.75, 3.05) is 20.2 Å². The Labute approximate surface area is 166 Å². The predicted octanol–water partition coefficient (Wildman–Crippen LogP) is 2.14. The number of nitrogens with one attached hydrogen (secondary N) is 1. The minimum Gasteiger partial charge on any atom is -0.493 e. The van der Waals surface area contributed by atoms with E-state index in [4.69, 9.17) is 9.47 Å². The van der Waals surface area contributed by atoms with Gasteiger partial charge in [0, 0.05) is 37.5 Å². The third kappa shape index (κ3) is 3.29. The lowest BCUT2D eigenvalue weighted by Gasteiger charge is -2.35. The number of aliphatic hydroxyl groups is 1. The number of ether oxygens (including phenoxy) is 2. The normalized spacial score (nSPS) is 28.3. The van der Waals surface area contributed by atoms with Crippen molar-refractivity contribution in [1.82, 2.24) is 10.2 Å². The highest BCUT2D eigenvalue weighted by molar-refractivity contribution is 5.76. The van der Waals surface area contributed by atoms with Gasteiger partial charge in [-0.3, -0.25) is 9.69 Å². The molecule has 1 aromatic rings. The Kier molecular flexibility index (Phi) is 5.10. The standard InChI is InChI=1S/C22H30N2O4/c1-14(2)23-19(26)7-10-24-11-9-22-8-6-16(25)12-18(22)28-21-17(27-3)5-4-15(13-24)20(21)22/h4-6,8,14,16,18,25H,7,9-13H2,1-3H3,(H,23,26)/t16-,18?,22?/m0/s1. The van der Waals surface area contributed by atoms with Gasteiger partial charge >= 0.3 is 0 Å². The summed E-state index contributed by atoms with van der Waals surface area (Å²) in [4.78, 5) is 14.4. The van der Waals surface area contributed by atoms with E-state index in [9.17, 15) is 9.90 Å². The molecule has 0 fully saturated rings. The molecule has 0 saturated carbocycles. The van der Waals surface area contributed by atoms with Crippen LogP contribution in [0.15, 0.2) is 24.3 Å². The molecule has 0 aromatic heterocycles. The second-order valence-electron chi connectivity index (χ2n) is 8.44. The van der Waals surface area contributed by atoms with E-state index in [1.807, 2.05) is 26.0 Å². The summed E-state index contributed by atoms with van der Waals surface area (Å²) in [7, 11) is 1.66.